The van der Waals surface area contributed by atoms with E-state index >= 15 is 0 Å². The van der Waals surface area contributed by atoms with E-state index in [1.165, 1.54) is 29.7 Å². The Morgan fingerprint density at radius 2 is 1.79 bits per heavy atom. The van der Waals surface area contributed by atoms with Crippen LogP contribution in [0.2, 0.25) is 10.0 Å². The molecule has 0 aliphatic carbocycles. The third-order valence-electron chi connectivity index (χ3n) is 4.25. The zero-order valence-corrected chi connectivity index (χ0v) is 18.8. The maximum absolute atomic E-state index is 12.8. The van der Waals surface area contributed by atoms with Crippen molar-refractivity contribution < 1.29 is 13.2 Å². The molecule has 29 heavy (non-hydrogen) atoms. The fourth-order valence-corrected chi connectivity index (χ4v) is 5.53. The molecule has 3 aromatic rings. The van der Waals surface area contributed by atoms with Crippen molar-refractivity contribution in [2.24, 2.45) is 7.05 Å². The normalized spacial score (nSPS) is 12.7. The van der Waals surface area contributed by atoms with Crippen LogP contribution in [-0.2, 0) is 21.9 Å². The molecule has 0 saturated heterocycles. The summed E-state index contributed by atoms with van der Waals surface area (Å²) in [7, 11) is -2.14. The summed E-state index contributed by atoms with van der Waals surface area (Å²) in [4.78, 5) is 24.5. The van der Waals surface area contributed by atoms with E-state index in [2.05, 4.69) is 5.32 Å². The van der Waals surface area contributed by atoms with Crippen LogP contribution in [0.5, 0.6) is 0 Å². The van der Waals surface area contributed by atoms with Crippen LogP contribution in [0, 0.1) is 0 Å². The number of fused-ring (bicyclic) bond motifs is 1. The second-order valence-electron chi connectivity index (χ2n) is 6.46. The summed E-state index contributed by atoms with van der Waals surface area (Å²) in [5.41, 5.74) is 1.38. The lowest BCUT2D eigenvalue weighted by atomic mass is 10.2. The van der Waals surface area contributed by atoms with Gasteiger partial charge in [0.1, 0.15) is 6.04 Å². The van der Waals surface area contributed by atoms with Crippen LogP contribution >= 0.6 is 34.5 Å². The van der Waals surface area contributed by atoms with Crippen LogP contribution in [-0.4, -0.2) is 31.2 Å². The van der Waals surface area contributed by atoms with Gasteiger partial charge in [0.25, 0.3) is 0 Å². The molecule has 0 fully saturated rings. The average molecular weight is 474 g/mol. The molecule has 0 aliphatic heterocycles. The molecule has 11 heteroatoms. The van der Waals surface area contributed by atoms with Gasteiger partial charge in [-0.1, -0.05) is 34.5 Å². The molecule has 154 valence electrons. The van der Waals surface area contributed by atoms with Crippen LogP contribution < -0.4 is 14.5 Å². The van der Waals surface area contributed by atoms with Crippen LogP contribution in [0.1, 0.15) is 6.92 Å². The number of carbonyl (C=O) groups is 1. The number of rotatable bonds is 5. The smallest absolute Gasteiger partial charge is 0.307 e. The lowest BCUT2D eigenvalue weighted by molar-refractivity contribution is -0.116. The van der Waals surface area contributed by atoms with Crippen LogP contribution in [0.4, 0.5) is 11.4 Å². The van der Waals surface area contributed by atoms with Gasteiger partial charge in [0, 0.05) is 22.8 Å². The number of amides is 1. The van der Waals surface area contributed by atoms with Crippen molar-refractivity contribution in [2.45, 2.75) is 13.0 Å². The van der Waals surface area contributed by atoms with E-state index in [9.17, 15) is 18.0 Å². The molecule has 1 heterocycles. The summed E-state index contributed by atoms with van der Waals surface area (Å²) in [5, 5.41) is 3.20. The minimum atomic E-state index is -3.81. The van der Waals surface area contributed by atoms with E-state index in [4.69, 9.17) is 23.2 Å². The molecule has 1 amide bonds. The second-order valence-corrected chi connectivity index (χ2v) is 10.2. The first-order chi connectivity index (χ1) is 13.5. The predicted octanol–water partition coefficient (Wildman–Crippen LogP) is 3.70. The van der Waals surface area contributed by atoms with Gasteiger partial charge in [0.2, 0.25) is 15.9 Å². The lowest BCUT2D eigenvalue weighted by Gasteiger charge is -2.28. The molecule has 0 spiro atoms. The molecular formula is C18H17Cl2N3O4S2. The first-order valence-electron chi connectivity index (χ1n) is 8.33. The summed E-state index contributed by atoms with van der Waals surface area (Å²) in [6.07, 6.45) is 0.999. The Balaban J connectivity index is 1.93. The largest absolute Gasteiger partial charge is 0.324 e. The number of anilines is 2. The molecule has 2 aromatic carbocycles. The Labute approximate surface area is 181 Å². The molecule has 0 bridgehead atoms. The standard InChI is InChI=1S/C18H17Cl2N3O4S2/c1-10(23(29(3,26)27)14-7-11(19)6-12(20)8-14)17(24)21-13-4-5-15-16(9-13)28-18(25)22(15)2/h4-10H,1-3H3,(H,21,24)/t10-/m0/s1. The van der Waals surface area contributed by atoms with Gasteiger partial charge in [0.05, 0.1) is 22.2 Å². The van der Waals surface area contributed by atoms with Gasteiger partial charge < -0.3 is 9.88 Å². The van der Waals surface area contributed by atoms with Crippen LogP contribution in [0.15, 0.2) is 41.2 Å². The van der Waals surface area contributed by atoms with Crippen molar-refractivity contribution in [1.29, 1.82) is 0 Å². The molecule has 3 rings (SSSR count). The van der Waals surface area contributed by atoms with Crippen molar-refractivity contribution in [1.82, 2.24) is 4.57 Å². The highest BCUT2D eigenvalue weighted by Crippen LogP contribution is 2.29. The number of carbonyl (C=O) groups excluding carboxylic acids is 1. The van der Waals surface area contributed by atoms with Crippen molar-refractivity contribution in [3.05, 3.63) is 56.1 Å². The van der Waals surface area contributed by atoms with E-state index in [1.54, 1.807) is 25.2 Å². The molecule has 7 nitrogen and oxygen atoms in total. The highest BCUT2D eigenvalue weighted by molar-refractivity contribution is 7.92. The highest BCUT2D eigenvalue weighted by atomic mass is 35.5. The predicted molar refractivity (Wildman–Crippen MR) is 119 cm³/mol. The van der Waals surface area contributed by atoms with Gasteiger partial charge in [-0.15, -0.1) is 0 Å². The summed E-state index contributed by atoms with van der Waals surface area (Å²) >= 11 is 13.1. The van der Waals surface area contributed by atoms with Gasteiger partial charge in [-0.2, -0.15) is 0 Å². The number of hydrogen-bond acceptors (Lipinski definition) is 5. The maximum atomic E-state index is 12.8. The first kappa shape index (κ1) is 21.6. The first-order valence-corrected chi connectivity index (χ1v) is 11.8. The van der Waals surface area contributed by atoms with E-state index in [1.807, 2.05) is 0 Å². The van der Waals surface area contributed by atoms with Crippen LogP contribution in [0.25, 0.3) is 10.2 Å². The number of hydrogen-bond donors (Lipinski definition) is 1. The van der Waals surface area contributed by atoms with Crippen molar-refractivity contribution in [2.75, 3.05) is 15.9 Å². The highest BCUT2D eigenvalue weighted by Gasteiger charge is 2.29. The van der Waals surface area contributed by atoms with Crippen molar-refractivity contribution in [3.8, 4) is 0 Å². The fraction of sp³-hybridized carbons (Fsp3) is 0.222. The number of nitrogens with zero attached hydrogens (tertiary/aromatic N) is 2. The SMILES string of the molecule is C[C@@H](C(=O)Nc1ccc2c(c1)sc(=O)n2C)N(c1cc(Cl)cc(Cl)c1)S(C)(=O)=O. The average Bonchev–Trinajstić information content (AvgIpc) is 2.86. The Morgan fingerprint density at radius 3 is 2.38 bits per heavy atom. The van der Waals surface area contributed by atoms with Gasteiger partial charge in [-0.05, 0) is 43.3 Å². The number of halogens is 2. The molecule has 1 N–H and O–H groups in total. The Kier molecular flexibility index (Phi) is 5.96. The quantitative estimate of drug-likeness (QED) is 0.611. The van der Waals surface area contributed by atoms with Gasteiger partial charge in [0.15, 0.2) is 0 Å². The number of thiazole rings is 1. The van der Waals surface area contributed by atoms with E-state index < -0.39 is 22.0 Å². The zero-order valence-electron chi connectivity index (χ0n) is 15.6. The molecule has 1 aromatic heterocycles. The minimum Gasteiger partial charge on any atom is -0.324 e. The number of aromatic nitrogens is 1. The maximum Gasteiger partial charge on any atom is 0.307 e. The topological polar surface area (TPSA) is 88.5 Å². The summed E-state index contributed by atoms with van der Waals surface area (Å²) in [6.45, 7) is 1.46. The molecule has 0 saturated carbocycles. The summed E-state index contributed by atoms with van der Waals surface area (Å²) < 4.78 is 28.0. The molecule has 0 aliphatic rings. The Bertz CT molecular complexity index is 1250. The third-order valence-corrected chi connectivity index (χ3v) is 6.92. The zero-order chi connectivity index (χ0) is 21.5. The molecule has 1 atom stereocenters. The number of nitrogens with one attached hydrogen (secondary N) is 1. The van der Waals surface area contributed by atoms with Crippen LogP contribution in [0.3, 0.4) is 0 Å². The van der Waals surface area contributed by atoms with Gasteiger partial charge >= 0.3 is 4.87 Å². The second kappa shape index (κ2) is 7.98. The Morgan fingerprint density at radius 1 is 1.17 bits per heavy atom. The molecule has 0 unspecified atom stereocenters. The number of aryl methyl sites for hydroxylation is 1. The third kappa shape index (κ3) is 4.58. The van der Waals surface area contributed by atoms with Gasteiger partial charge in [-0.3, -0.25) is 13.9 Å². The van der Waals surface area contributed by atoms with E-state index in [-0.39, 0.29) is 20.6 Å². The van der Waals surface area contributed by atoms with E-state index in [0.717, 1.165) is 27.4 Å². The number of sulfonamides is 1. The van der Waals surface area contributed by atoms with Crippen molar-refractivity contribution in [3.63, 3.8) is 0 Å². The summed E-state index contributed by atoms with van der Waals surface area (Å²) in [6, 6.07) is 8.28. The van der Waals surface area contributed by atoms with Crippen molar-refractivity contribution >= 4 is 72.1 Å². The molecular weight excluding hydrogens is 457 g/mol. The Hall–Kier alpha value is -2.07. The fourth-order valence-electron chi connectivity index (χ4n) is 2.93. The lowest BCUT2D eigenvalue weighted by Crippen LogP contribution is -2.45. The van der Waals surface area contributed by atoms with E-state index in [0.29, 0.717) is 10.4 Å². The van der Waals surface area contributed by atoms with Gasteiger partial charge in [-0.25, -0.2) is 8.42 Å². The molecule has 0 radical (unpaired) electrons. The minimum absolute atomic E-state index is 0.113. The summed E-state index contributed by atoms with van der Waals surface area (Å²) in [5.74, 6) is -0.547. The monoisotopic (exact) mass is 473 g/mol. The number of benzene rings is 2.